The van der Waals surface area contributed by atoms with E-state index in [1.54, 1.807) is 18.2 Å². The highest BCUT2D eigenvalue weighted by atomic mass is 35.5. The van der Waals surface area contributed by atoms with Crippen LogP contribution in [0.15, 0.2) is 42.5 Å². The van der Waals surface area contributed by atoms with Crippen molar-refractivity contribution in [2.24, 2.45) is 0 Å². The van der Waals surface area contributed by atoms with Crippen LogP contribution in [0.1, 0.15) is 18.1 Å². The molecule has 0 saturated carbocycles. The highest BCUT2D eigenvalue weighted by Crippen LogP contribution is 2.20. The number of hydrogen-bond acceptors (Lipinski definition) is 3. The Bertz CT molecular complexity index is 726. The maximum absolute atomic E-state index is 12.1. The highest BCUT2D eigenvalue weighted by Gasteiger charge is 2.06. The van der Waals surface area contributed by atoms with Crippen LogP contribution in [-0.2, 0) is 22.6 Å². The monoisotopic (exact) mass is 396 g/mol. The zero-order valence-electron chi connectivity index (χ0n) is 14.6. The molecule has 5 nitrogen and oxygen atoms in total. The molecule has 0 aliphatic carbocycles. The smallest absolute Gasteiger partial charge is 0.319 e. The van der Waals surface area contributed by atoms with E-state index >= 15 is 0 Å². The van der Waals surface area contributed by atoms with Crippen LogP contribution in [0.4, 0.5) is 10.5 Å². The first kappa shape index (κ1) is 20.5. The molecule has 26 heavy (non-hydrogen) atoms. The quantitative estimate of drug-likeness (QED) is 0.594. The molecule has 2 aromatic rings. The lowest BCUT2D eigenvalue weighted by molar-refractivity contribution is 0.0453. The van der Waals surface area contributed by atoms with Gasteiger partial charge in [-0.3, -0.25) is 0 Å². The van der Waals surface area contributed by atoms with Crippen LogP contribution in [0, 0.1) is 0 Å². The van der Waals surface area contributed by atoms with Crippen molar-refractivity contribution in [2.75, 3.05) is 25.1 Å². The summed E-state index contributed by atoms with van der Waals surface area (Å²) in [6.07, 6.45) is 0. The molecule has 2 amide bonds. The Hall–Kier alpha value is -1.79. The Morgan fingerprint density at radius 3 is 2.65 bits per heavy atom. The van der Waals surface area contributed by atoms with Gasteiger partial charge in [-0.15, -0.1) is 0 Å². The molecule has 2 N–H and O–H groups in total. The summed E-state index contributed by atoms with van der Waals surface area (Å²) in [5.74, 6) is 0. The molecule has 2 aromatic carbocycles. The van der Waals surface area contributed by atoms with Crippen molar-refractivity contribution in [3.63, 3.8) is 0 Å². The Morgan fingerprint density at radius 2 is 1.88 bits per heavy atom. The van der Waals surface area contributed by atoms with Gasteiger partial charge in [-0.05, 0) is 42.3 Å². The van der Waals surface area contributed by atoms with Gasteiger partial charge >= 0.3 is 6.03 Å². The summed E-state index contributed by atoms with van der Waals surface area (Å²) in [6, 6.07) is 12.3. The summed E-state index contributed by atoms with van der Waals surface area (Å²) in [7, 11) is 0. The third-order valence-electron chi connectivity index (χ3n) is 3.48. The average Bonchev–Trinajstić information content (AvgIpc) is 2.61. The number of ether oxygens (including phenoxy) is 2. The normalized spacial score (nSPS) is 10.6. The Kier molecular flexibility index (Phi) is 8.71. The van der Waals surface area contributed by atoms with Crippen LogP contribution in [0.2, 0.25) is 10.0 Å². The molecule has 7 heteroatoms. The molecule has 0 aliphatic heterocycles. The van der Waals surface area contributed by atoms with Gasteiger partial charge < -0.3 is 20.1 Å². The predicted molar refractivity (Wildman–Crippen MR) is 105 cm³/mol. The summed E-state index contributed by atoms with van der Waals surface area (Å²) in [5, 5.41) is 6.64. The fourth-order valence-electron chi connectivity index (χ4n) is 2.21. The van der Waals surface area contributed by atoms with Crippen LogP contribution in [0.25, 0.3) is 0 Å². The minimum atomic E-state index is -0.314. The van der Waals surface area contributed by atoms with Gasteiger partial charge in [-0.1, -0.05) is 41.4 Å². The molecule has 0 fully saturated rings. The zero-order chi connectivity index (χ0) is 18.8. The first-order chi connectivity index (χ1) is 12.6. The Morgan fingerprint density at radius 1 is 1.08 bits per heavy atom. The van der Waals surface area contributed by atoms with E-state index in [1.807, 2.05) is 31.2 Å². The van der Waals surface area contributed by atoms with E-state index < -0.39 is 0 Å². The van der Waals surface area contributed by atoms with Crippen LogP contribution in [0.3, 0.4) is 0 Å². The molecule has 0 heterocycles. The van der Waals surface area contributed by atoms with E-state index in [0.717, 1.165) is 11.1 Å². The molecular weight excluding hydrogens is 375 g/mol. The number of nitrogens with one attached hydrogen (secondary N) is 2. The second-order valence-corrected chi connectivity index (χ2v) is 6.34. The molecule has 0 atom stereocenters. The van der Waals surface area contributed by atoms with Gasteiger partial charge in [-0.25, -0.2) is 4.79 Å². The standard InChI is InChI=1S/C19H22Cl2N2O3/c1-2-25-8-9-26-13-14-4-3-5-17(10-14)23-19(24)22-12-15-6-7-16(20)11-18(15)21/h3-7,10-11H,2,8-9,12-13H2,1H3,(H2,22,23,24). The van der Waals surface area contributed by atoms with Gasteiger partial charge in [-0.2, -0.15) is 0 Å². The topological polar surface area (TPSA) is 59.6 Å². The van der Waals surface area contributed by atoms with Crippen molar-refractivity contribution in [3.8, 4) is 0 Å². The highest BCUT2D eigenvalue weighted by molar-refractivity contribution is 6.35. The second-order valence-electron chi connectivity index (χ2n) is 5.49. The van der Waals surface area contributed by atoms with Gasteiger partial charge in [0.25, 0.3) is 0 Å². The fourth-order valence-corrected chi connectivity index (χ4v) is 2.68. The molecule has 2 rings (SSSR count). The van der Waals surface area contributed by atoms with Gasteiger partial charge in [0.05, 0.1) is 19.8 Å². The molecule has 0 aliphatic rings. The molecule has 0 saturated heterocycles. The van der Waals surface area contributed by atoms with Crippen molar-refractivity contribution < 1.29 is 14.3 Å². The summed E-state index contributed by atoms with van der Waals surface area (Å²) in [4.78, 5) is 12.1. The summed E-state index contributed by atoms with van der Waals surface area (Å²) >= 11 is 12.0. The summed E-state index contributed by atoms with van der Waals surface area (Å²) < 4.78 is 10.8. The van der Waals surface area contributed by atoms with Gasteiger partial charge in [0.2, 0.25) is 0 Å². The number of carbonyl (C=O) groups is 1. The van der Waals surface area contributed by atoms with Gasteiger partial charge in [0.1, 0.15) is 0 Å². The van der Waals surface area contributed by atoms with Crippen molar-refractivity contribution in [1.29, 1.82) is 0 Å². The Balaban J connectivity index is 1.80. The number of rotatable bonds is 9. The van der Waals surface area contributed by atoms with E-state index in [1.165, 1.54) is 0 Å². The molecule has 0 radical (unpaired) electrons. The minimum absolute atomic E-state index is 0.308. The minimum Gasteiger partial charge on any atom is -0.379 e. The van der Waals surface area contributed by atoms with Crippen LogP contribution in [-0.4, -0.2) is 25.9 Å². The van der Waals surface area contributed by atoms with E-state index in [-0.39, 0.29) is 6.03 Å². The number of hydrogen-bond donors (Lipinski definition) is 2. The average molecular weight is 397 g/mol. The molecule has 0 bridgehead atoms. The second kappa shape index (κ2) is 11.0. The first-order valence-electron chi connectivity index (χ1n) is 8.31. The predicted octanol–water partition coefficient (Wildman–Crippen LogP) is 4.87. The maximum atomic E-state index is 12.1. The van der Waals surface area contributed by atoms with Crippen molar-refractivity contribution in [2.45, 2.75) is 20.1 Å². The largest absolute Gasteiger partial charge is 0.379 e. The SMILES string of the molecule is CCOCCOCc1cccc(NC(=O)NCc2ccc(Cl)cc2Cl)c1. The fraction of sp³-hybridized carbons (Fsp3) is 0.316. The number of anilines is 1. The molecule has 140 valence electrons. The maximum Gasteiger partial charge on any atom is 0.319 e. The van der Waals surface area contributed by atoms with E-state index in [4.69, 9.17) is 32.7 Å². The lowest BCUT2D eigenvalue weighted by atomic mass is 10.2. The number of carbonyl (C=O) groups excluding carboxylic acids is 1. The molecule has 0 aromatic heterocycles. The summed E-state index contributed by atoms with van der Waals surface area (Å²) in [5.41, 5.74) is 2.46. The van der Waals surface area contributed by atoms with E-state index in [2.05, 4.69) is 10.6 Å². The van der Waals surface area contributed by atoms with Gasteiger partial charge in [0, 0.05) is 28.9 Å². The molecular formula is C19H22Cl2N2O3. The zero-order valence-corrected chi connectivity index (χ0v) is 16.1. The van der Waals surface area contributed by atoms with Crippen LogP contribution in [0.5, 0.6) is 0 Å². The first-order valence-corrected chi connectivity index (χ1v) is 9.07. The van der Waals surface area contributed by atoms with Crippen molar-refractivity contribution in [3.05, 3.63) is 63.6 Å². The lowest BCUT2D eigenvalue weighted by Crippen LogP contribution is -2.28. The number of benzene rings is 2. The Labute approximate surface area is 163 Å². The number of urea groups is 1. The van der Waals surface area contributed by atoms with Crippen LogP contribution >= 0.6 is 23.2 Å². The third-order valence-corrected chi connectivity index (χ3v) is 4.07. The third kappa shape index (κ3) is 7.22. The number of amides is 2. The summed E-state index contributed by atoms with van der Waals surface area (Å²) in [6.45, 7) is 4.50. The van der Waals surface area contributed by atoms with Crippen molar-refractivity contribution >= 4 is 34.9 Å². The molecule has 0 unspecified atom stereocenters. The van der Waals surface area contributed by atoms with Crippen LogP contribution < -0.4 is 10.6 Å². The van der Waals surface area contributed by atoms with Gasteiger partial charge in [0.15, 0.2) is 0 Å². The molecule has 0 spiro atoms. The van der Waals surface area contributed by atoms with E-state index in [0.29, 0.717) is 48.7 Å². The lowest BCUT2D eigenvalue weighted by Gasteiger charge is -2.10. The van der Waals surface area contributed by atoms with E-state index in [9.17, 15) is 4.79 Å². The van der Waals surface area contributed by atoms with Crippen molar-refractivity contribution in [1.82, 2.24) is 5.32 Å². The number of halogens is 2.